The number of carbonyl (C=O) groups excluding carboxylic acids is 1. The number of hydrogen-bond acceptors (Lipinski definition) is 3. The molecule has 0 bridgehead atoms. The van der Waals surface area contributed by atoms with Crippen LogP contribution in [-0.4, -0.2) is 60.6 Å². The van der Waals surface area contributed by atoms with E-state index in [1.54, 1.807) is 0 Å². The van der Waals surface area contributed by atoms with Crippen LogP contribution in [0, 0.1) is 11.8 Å². The van der Waals surface area contributed by atoms with Gasteiger partial charge in [-0.15, -0.1) is 0 Å². The minimum atomic E-state index is 0.257. The van der Waals surface area contributed by atoms with E-state index in [0.717, 1.165) is 64.7 Å². The van der Waals surface area contributed by atoms with Crippen LogP contribution in [0.1, 0.15) is 79.6 Å². The molecule has 1 saturated heterocycles. The highest BCUT2D eigenvalue weighted by atomic mass is 16.3. The largest absolute Gasteiger partial charge is 0.396 e. The Bertz CT molecular complexity index is 609. The highest BCUT2D eigenvalue weighted by Crippen LogP contribution is 2.25. The minimum Gasteiger partial charge on any atom is -0.396 e. The molecule has 0 aromatic rings. The highest BCUT2D eigenvalue weighted by molar-refractivity contribution is 5.76. The molecular weight excluding hydrogens is 384 g/mol. The number of hydrogen-bond donors (Lipinski definition) is 1. The van der Waals surface area contributed by atoms with Gasteiger partial charge < -0.3 is 14.9 Å². The van der Waals surface area contributed by atoms with Gasteiger partial charge in [0.25, 0.3) is 0 Å². The van der Waals surface area contributed by atoms with Gasteiger partial charge in [-0.05, 0) is 85.1 Å². The van der Waals surface area contributed by atoms with Crippen LogP contribution >= 0.6 is 0 Å². The average Bonchev–Trinajstić information content (AvgIpc) is 2.73. The summed E-state index contributed by atoms with van der Waals surface area (Å²) < 4.78 is 0. The molecule has 1 aliphatic rings. The fourth-order valence-electron chi connectivity index (χ4n) is 3.95. The second-order valence-electron chi connectivity index (χ2n) is 9.84. The predicted molar refractivity (Wildman–Crippen MR) is 133 cm³/mol. The zero-order valence-corrected chi connectivity index (χ0v) is 21.1. The SMILES string of the molecule is CC(C)=CCC/C(C)=C/CC(CCC(C)CO)/C(C)=C\CCC(=O)N1CCN(C)CC1. The molecule has 1 rings (SSSR count). The van der Waals surface area contributed by atoms with Crippen molar-refractivity contribution in [3.05, 3.63) is 34.9 Å². The van der Waals surface area contributed by atoms with Crippen LogP contribution in [0.4, 0.5) is 0 Å². The summed E-state index contributed by atoms with van der Waals surface area (Å²) in [7, 11) is 2.11. The highest BCUT2D eigenvalue weighted by Gasteiger charge is 2.18. The van der Waals surface area contributed by atoms with Gasteiger partial charge in [-0.2, -0.15) is 0 Å². The fraction of sp³-hybridized carbons (Fsp3) is 0.741. The number of likely N-dealkylation sites (N-methyl/N-ethyl adjacent to an activating group) is 1. The van der Waals surface area contributed by atoms with Crippen molar-refractivity contribution in [1.82, 2.24) is 9.80 Å². The minimum absolute atomic E-state index is 0.257. The van der Waals surface area contributed by atoms with E-state index in [1.807, 2.05) is 4.90 Å². The van der Waals surface area contributed by atoms with Gasteiger partial charge in [-0.25, -0.2) is 0 Å². The number of aliphatic hydroxyl groups is 1. The summed E-state index contributed by atoms with van der Waals surface area (Å²) >= 11 is 0. The number of nitrogens with zero attached hydrogens (tertiary/aromatic N) is 2. The van der Waals surface area contributed by atoms with E-state index in [2.05, 4.69) is 64.8 Å². The third-order valence-corrected chi connectivity index (χ3v) is 6.49. The number of allylic oxidation sites excluding steroid dienone is 6. The molecule has 1 N–H and O–H groups in total. The predicted octanol–water partition coefficient (Wildman–Crippen LogP) is 5.59. The first-order chi connectivity index (χ1) is 14.7. The lowest BCUT2D eigenvalue weighted by atomic mass is 9.87. The van der Waals surface area contributed by atoms with Gasteiger partial charge in [0, 0.05) is 39.2 Å². The molecule has 1 heterocycles. The molecular formula is C27H48N2O2. The molecule has 0 radical (unpaired) electrons. The van der Waals surface area contributed by atoms with Crippen molar-refractivity contribution in [2.24, 2.45) is 11.8 Å². The van der Waals surface area contributed by atoms with Gasteiger partial charge >= 0.3 is 0 Å². The number of piperazine rings is 1. The average molecular weight is 433 g/mol. The molecule has 0 aromatic carbocycles. The van der Waals surface area contributed by atoms with E-state index in [0.29, 0.717) is 18.3 Å². The summed E-state index contributed by atoms with van der Waals surface area (Å²) in [4.78, 5) is 16.8. The third kappa shape index (κ3) is 12.3. The van der Waals surface area contributed by atoms with Gasteiger partial charge in [-0.1, -0.05) is 41.9 Å². The van der Waals surface area contributed by atoms with Crippen LogP contribution in [0.3, 0.4) is 0 Å². The lowest BCUT2D eigenvalue weighted by molar-refractivity contribution is -0.132. The van der Waals surface area contributed by atoms with Crippen molar-refractivity contribution >= 4 is 5.91 Å². The number of rotatable bonds is 13. The molecule has 4 nitrogen and oxygen atoms in total. The first-order valence-corrected chi connectivity index (χ1v) is 12.3. The summed E-state index contributed by atoms with van der Waals surface area (Å²) in [5, 5.41) is 9.41. The van der Waals surface area contributed by atoms with Crippen molar-refractivity contribution in [2.75, 3.05) is 39.8 Å². The van der Waals surface area contributed by atoms with Gasteiger partial charge in [0.05, 0.1) is 0 Å². The summed E-state index contributed by atoms with van der Waals surface area (Å²) in [6.45, 7) is 14.8. The molecule has 1 aliphatic heterocycles. The van der Waals surface area contributed by atoms with Crippen LogP contribution in [-0.2, 0) is 4.79 Å². The summed E-state index contributed by atoms with van der Waals surface area (Å²) in [6.07, 6.45) is 13.8. The zero-order valence-electron chi connectivity index (χ0n) is 21.1. The molecule has 2 unspecified atom stereocenters. The summed E-state index contributed by atoms with van der Waals surface area (Å²) in [5.74, 6) is 1.13. The number of amides is 1. The smallest absolute Gasteiger partial charge is 0.222 e. The van der Waals surface area contributed by atoms with Gasteiger partial charge in [0.15, 0.2) is 0 Å². The third-order valence-electron chi connectivity index (χ3n) is 6.49. The van der Waals surface area contributed by atoms with Crippen LogP contribution in [0.15, 0.2) is 34.9 Å². The Hall–Kier alpha value is -1.39. The van der Waals surface area contributed by atoms with E-state index < -0.39 is 0 Å². The number of carbonyl (C=O) groups is 1. The molecule has 0 aromatic heterocycles. The molecule has 1 fully saturated rings. The van der Waals surface area contributed by atoms with E-state index in [-0.39, 0.29) is 12.5 Å². The molecule has 31 heavy (non-hydrogen) atoms. The molecule has 0 aliphatic carbocycles. The van der Waals surface area contributed by atoms with Gasteiger partial charge in [0.1, 0.15) is 0 Å². The molecule has 0 saturated carbocycles. The Labute approximate surface area is 192 Å². The van der Waals surface area contributed by atoms with Gasteiger partial charge in [-0.3, -0.25) is 4.79 Å². The second kappa shape index (κ2) is 15.4. The van der Waals surface area contributed by atoms with Crippen LogP contribution < -0.4 is 0 Å². The van der Waals surface area contributed by atoms with Crippen molar-refractivity contribution in [1.29, 1.82) is 0 Å². The Kier molecular flexibility index (Phi) is 13.7. The maximum atomic E-state index is 12.5. The van der Waals surface area contributed by atoms with E-state index in [1.165, 1.54) is 16.7 Å². The topological polar surface area (TPSA) is 43.8 Å². The zero-order chi connectivity index (χ0) is 23.2. The van der Waals surface area contributed by atoms with Crippen LogP contribution in [0.5, 0.6) is 0 Å². The fourth-order valence-corrected chi connectivity index (χ4v) is 3.95. The van der Waals surface area contributed by atoms with Crippen LogP contribution in [0.2, 0.25) is 0 Å². The first-order valence-electron chi connectivity index (χ1n) is 12.3. The van der Waals surface area contributed by atoms with Crippen LogP contribution in [0.25, 0.3) is 0 Å². The van der Waals surface area contributed by atoms with E-state index in [4.69, 9.17) is 0 Å². The lowest BCUT2D eigenvalue weighted by Gasteiger charge is -2.32. The molecule has 178 valence electrons. The Morgan fingerprint density at radius 3 is 2.19 bits per heavy atom. The Morgan fingerprint density at radius 2 is 1.58 bits per heavy atom. The standard InChI is InChI=1S/C27H48N2O2/c1-22(2)9-7-10-23(3)13-15-26(16-14-24(4)21-30)25(5)11-8-12-27(31)29-19-17-28(6)18-20-29/h9,11,13,24,26,30H,7-8,10,12,14-21H2,1-6H3/b23-13+,25-11-. The maximum absolute atomic E-state index is 12.5. The second-order valence-corrected chi connectivity index (χ2v) is 9.84. The maximum Gasteiger partial charge on any atom is 0.222 e. The van der Waals surface area contributed by atoms with E-state index >= 15 is 0 Å². The molecule has 4 heteroatoms. The molecule has 0 spiro atoms. The van der Waals surface area contributed by atoms with Crippen molar-refractivity contribution in [3.63, 3.8) is 0 Å². The number of aliphatic hydroxyl groups excluding tert-OH is 1. The molecule has 2 atom stereocenters. The lowest BCUT2D eigenvalue weighted by Crippen LogP contribution is -2.47. The Morgan fingerprint density at radius 1 is 0.935 bits per heavy atom. The van der Waals surface area contributed by atoms with Gasteiger partial charge in [0.2, 0.25) is 5.91 Å². The monoisotopic (exact) mass is 432 g/mol. The van der Waals surface area contributed by atoms with Crippen molar-refractivity contribution < 1.29 is 9.90 Å². The quantitative estimate of drug-likeness (QED) is 0.386. The Balaban J connectivity index is 2.61. The molecule has 1 amide bonds. The summed E-state index contributed by atoms with van der Waals surface area (Å²) in [5.41, 5.74) is 4.23. The normalized spacial score (nSPS) is 18.1. The van der Waals surface area contributed by atoms with Crippen molar-refractivity contribution in [2.45, 2.75) is 79.6 Å². The first kappa shape index (κ1) is 27.6. The van der Waals surface area contributed by atoms with E-state index in [9.17, 15) is 9.90 Å². The van der Waals surface area contributed by atoms with Crippen molar-refractivity contribution in [3.8, 4) is 0 Å². The summed E-state index contributed by atoms with van der Waals surface area (Å²) in [6, 6.07) is 0.